The molecule has 0 bridgehead atoms. The van der Waals surface area contributed by atoms with Crippen LogP contribution in [-0.2, 0) is 14.1 Å². The highest BCUT2D eigenvalue weighted by Gasteiger charge is 2.06. The van der Waals surface area contributed by atoms with E-state index >= 15 is 0 Å². The largest absolute Gasteiger partial charge is 0.596 e. The van der Waals surface area contributed by atoms with E-state index in [4.69, 9.17) is 4.74 Å². The third-order valence-corrected chi connectivity index (χ3v) is 3.38. The first-order chi connectivity index (χ1) is 8.54. The van der Waals surface area contributed by atoms with Crippen molar-refractivity contribution in [2.75, 3.05) is 12.8 Å². The molecule has 4 nitrogen and oxygen atoms in total. The van der Waals surface area contributed by atoms with Crippen molar-refractivity contribution in [2.24, 2.45) is 5.92 Å². The number of unbranched alkanes of at least 4 members (excludes halogenated alkanes) is 6. The third-order valence-electron chi connectivity index (χ3n) is 2.70. The zero-order valence-electron chi connectivity index (χ0n) is 11.5. The molecule has 0 N–H and O–H groups in total. The summed E-state index contributed by atoms with van der Waals surface area (Å²) in [4.78, 5) is 21.4. The number of hydrogen-bond acceptors (Lipinski definition) is 4. The fourth-order valence-electron chi connectivity index (χ4n) is 1.57. The second-order valence-corrected chi connectivity index (χ2v) is 5.97. The van der Waals surface area contributed by atoms with Crippen LogP contribution in [0.15, 0.2) is 0 Å². The number of carbonyl (C=O) groups is 1. The van der Waals surface area contributed by atoms with Gasteiger partial charge in [0, 0.05) is 0 Å². The van der Waals surface area contributed by atoms with Crippen molar-refractivity contribution in [3.8, 4) is 0 Å². The summed E-state index contributed by atoms with van der Waals surface area (Å²) in [5.74, 6) is -0.167. The highest BCUT2D eigenvalue weighted by molar-refractivity contribution is 7.36. The lowest BCUT2D eigenvalue weighted by atomic mass is 10.1. The van der Waals surface area contributed by atoms with Gasteiger partial charge in [0.15, 0.2) is 0 Å². The van der Waals surface area contributed by atoms with Gasteiger partial charge in [0.1, 0.15) is 6.16 Å². The summed E-state index contributed by atoms with van der Waals surface area (Å²) in [6, 6.07) is 0. The standard InChI is InChI=1S/C13H25O4P/c1-12(2)13(14)17-10-8-6-4-3-5-7-9-11-18(15)16/h12H,3-11H2,1-2H3. The molecular weight excluding hydrogens is 251 g/mol. The average Bonchev–Trinajstić information content (AvgIpc) is 2.30. The lowest BCUT2D eigenvalue weighted by molar-refractivity contribution is -0.164. The molecule has 0 aromatic heterocycles. The van der Waals surface area contributed by atoms with Gasteiger partial charge in [-0.3, -0.25) is 4.79 Å². The molecule has 0 aromatic rings. The average molecular weight is 276 g/mol. The summed E-state index contributed by atoms with van der Waals surface area (Å²) in [6.45, 7) is 4.18. The maximum absolute atomic E-state index is 11.1. The molecule has 0 saturated heterocycles. The van der Waals surface area contributed by atoms with Crippen LogP contribution in [0.4, 0.5) is 0 Å². The van der Waals surface area contributed by atoms with Crippen molar-refractivity contribution in [3.63, 3.8) is 0 Å². The molecule has 0 amide bonds. The van der Waals surface area contributed by atoms with E-state index in [1.54, 1.807) is 0 Å². The molecule has 0 radical (unpaired) electrons. The van der Waals surface area contributed by atoms with Gasteiger partial charge in [0.2, 0.25) is 0 Å². The van der Waals surface area contributed by atoms with Gasteiger partial charge >= 0.3 is 14.0 Å². The maximum atomic E-state index is 11.1. The van der Waals surface area contributed by atoms with Crippen molar-refractivity contribution in [1.29, 1.82) is 0 Å². The Kier molecular flexibility index (Phi) is 11.3. The molecular formula is C13H25O4P. The summed E-state index contributed by atoms with van der Waals surface area (Å²) in [5, 5.41) is 0. The number of esters is 1. The van der Waals surface area contributed by atoms with E-state index in [1.165, 1.54) is 0 Å². The van der Waals surface area contributed by atoms with Gasteiger partial charge in [-0.1, -0.05) is 44.1 Å². The van der Waals surface area contributed by atoms with Crippen molar-refractivity contribution >= 4 is 14.0 Å². The van der Waals surface area contributed by atoms with Crippen LogP contribution in [0.2, 0.25) is 0 Å². The lowest BCUT2D eigenvalue weighted by Crippen LogP contribution is -2.12. The second-order valence-electron chi connectivity index (χ2n) is 4.85. The predicted octanol–water partition coefficient (Wildman–Crippen LogP) is 3.02. The lowest BCUT2D eigenvalue weighted by Gasteiger charge is -2.06. The highest BCUT2D eigenvalue weighted by atomic mass is 31.1. The minimum Gasteiger partial charge on any atom is -0.596 e. The molecule has 18 heavy (non-hydrogen) atoms. The first-order valence-corrected chi connectivity index (χ1v) is 8.18. The summed E-state index contributed by atoms with van der Waals surface area (Å²) >= 11 is 0. The minimum absolute atomic E-state index is 0.0440. The SMILES string of the molecule is CC(C)C(=O)OCCCCCCCCC[P+](=O)[O-]. The van der Waals surface area contributed by atoms with Crippen LogP contribution in [0.1, 0.15) is 58.8 Å². The molecule has 0 aliphatic carbocycles. The summed E-state index contributed by atoms with van der Waals surface area (Å²) in [6.07, 6.45) is 7.44. The van der Waals surface area contributed by atoms with Crippen LogP contribution in [0, 0.1) is 5.92 Å². The fourth-order valence-corrected chi connectivity index (χ4v) is 2.05. The smallest absolute Gasteiger partial charge is 0.308 e. The molecule has 5 heteroatoms. The second kappa shape index (κ2) is 11.6. The zero-order valence-corrected chi connectivity index (χ0v) is 12.4. The monoisotopic (exact) mass is 276 g/mol. The van der Waals surface area contributed by atoms with Gasteiger partial charge in [-0.2, -0.15) is 0 Å². The van der Waals surface area contributed by atoms with E-state index in [-0.39, 0.29) is 11.9 Å². The minimum atomic E-state index is -2.19. The fraction of sp³-hybridized carbons (Fsp3) is 0.923. The number of hydrogen-bond donors (Lipinski definition) is 0. The van der Waals surface area contributed by atoms with Crippen molar-refractivity contribution < 1.29 is 19.0 Å². The summed E-state index contributed by atoms with van der Waals surface area (Å²) < 4.78 is 15.4. The Labute approximate surface area is 111 Å². The number of ether oxygens (including phenoxy) is 1. The first-order valence-electron chi connectivity index (χ1n) is 6.82. The van der Waals surface area contributed by atoms with Gasteiger partial charge in [-0.25, -0.2) is 0 Å². The number of rotatable bonds is 11. The predicted molar refractivity (Wildman–Crippen MR) is 70.6 cm³/mol. The zero-order chi connectivity index (χ0) is 13.8. The topological polar surface area (TPSA) is 66.4 Å². The third kappa shape index (κ3) is 12.0. The Morgan fingerprint density at radius 3 is 2.06 bits per heavy atom. The first kappa shape index (κ1) is 17.5. The molecule has 1 atom stereocenters. The van der Waals surface area contributed by atoms with Crippen LogP contribution in [0.5, 0.6) is 0 Å². The van der Waals surface area contributed by atoms with Gasteiger partial charge in [0.05, 0.1) is 12.5 Å². The Bertz CT molecular complexity index is 241. The van der Waals surface area contributed by atoms with E-state index in [1.807, 2.05) is 13.8 Å². The Balaban J connectivity index is 3.12. The molecule has 0 heterocycles. The quantitative estimate of drug-likeness (QED) is 0.330. The molecule has 0 spiro atoms. The van der Waals surface area contributed by atoms with E-state index in [0.717, 1.165) is 44.9 Å². The Morgan fingerprint density at radius 2 is 1.56 bits per heavy atom. The molecule has 1 unspecified atom stereocenters. The highest BCUT2D eigenvalue weighted by Crippen LogP contribution is 2.13. The molecule has 0 aromatic carbocycles. The van der Waals surface area contributed by atoms with Crippen LogP contribution < -0.4 is 4.89 Å². The van der Waals surface area contributed by atoms with Gasteiger partial charge < -0.3 is 9.63 Å². The van der Waals surface area contributed by atoms with E-state index in [2.05, 4.69) is 0 Å². The number of carbonyl (C=O) groups excluding carboxylic acids is 1. The normalized spacial score (nSPS) is 11.7. The Hall–Kier alpha value is -0.470. The van der Waals surface area contributed by atoms with Gasteiger partial charge in [-0.05, 0) is 19.3 Å². The Morgan fingerprint density at radius 1 is 1.06 bits per heavy atom. The van der Waals surface area contributed by atoms with Gasteiger partial charge in [-0.15, -0.1) is 0 Å². The van der Waals surface area contributed by atoms with Gasteiger partial charge in [0.25, 0.3) is 0 Å². The van der Waals surface area contributed by atoms with Crippen LogP contribution in [0.3, 0.4) is 0 Å². The van der Waals surface area contributed by atoms with E-state index in [0.29, 0.717) is 12.8 Å². The molecule has 0 rings (SSSR count). The van der Waals surface area contributed by atoms with Crippen molar-refractivity contribution in [2.45, 2.75) is 58.8 Å². The maximum Gasteiger partial charge on any atom is 0.308 e. The van der Waals surface area contributed by atoms with E-state index in [9.17, 15) is 14.3 Å². The summed E-state index contributed by atoms with van der Waals surface area (Å²) in [7, 11) is -2.19. The summed E-state index contributed by atoms with van der Waals surface area (Å²) in [5.41, 5.74) is 0. The molecule has 0 saturated carbocycles. The van der Waals surface area contributed by atoms with Crippen LogP contribution in [-0.4, -0.2) is 18.7 Å². The molecule has 0 aliphatic heterocycles. The van der Waals surface area contributed by atoms with Crippen molar-refractivity contribution in [3.05, 3.63) is 0 Å². The molecule has 0 aliphatic rings. The van der Waals surface area contributed by atoms with Crippen LogP contribution >= 0.6 is 8.03 Å². The van der Waals surface area contributed by atoms with Crippen LogP contribution in [0.25, 0.3) is 0 Å². The molecule has 0 fully saturated rings. The molecule has 106 valence electrons. The van der Waals surface area contributed by atoms with Crippen molar-refractivity contribution in [1.82, 2.24) is 0 Å². The van der Waals surface area contributed by atoms with E-state index < -0.39 is 8.03 Å².